The first-order valence-corrected chi connectivity index (χ1v) is 5.12. The van der Waals surface area contributed by atoms with E-state index in [1.807, 2.05) is 0 Å². The number of carbonyl (C=O) groups excluding carboxylic acids is 1. The van der Waals surface area contributed by atoms with Gasteiger partial charge in [0, 0.05) is 17.3 Å². The van der Waals surface area contributed by atoms with Crippen LogP contribution in [0.25, 0.3) is 0 Å². The first-order valence-electron chi connectivity index (χ1n) is 4.33. The summed E-state index contributed by atoms with van der Waals surface area (Å²) in [6, 6.07) is 0. The van der Waals surface area contributed by atoms with E-state index in [0.717, 1.165) is 23.7 Å². The molecule has 0 heterocycles. The number of hydrogen-bond acceptors (Lipinski definition) is 1. The Morgan fingerprint density at radius 1 is 1.42 bits per heavy atom. The second-order valence-corrected chi connectivity index (χ2v) is 4.44. The molecule has 0 N–H and O–H groups in total. The monoisotopic (exact) mass is 226 g/mol. The number of carbonyl (C=O) groups is 1. The van der Waals surface area contributed by atoms with Gasteiger partial charge >= 0.3 is 0 Å². The SMILES string of the molecule is O=C1CCC2C=C(Br)C=CC2C1. The van der Waals surface area contributed by atoms with Crippen LogP contribution >= 0.6 is 15.9 Å². The second-order valence-electron chi connectivity index (χ2n) is 3.52. The van der Waals surface area contributed by atoms with Gasteiger partial charge in [-0.3, -0.25) is 4.79 Å². The smallest absolute Gasteiger partial charge is 0.133 e. The van der Waals surface area contributed by atoms with Crippen LogP contribution in [0.2, 0.25) is 0 Å². The lowest BCUT2D eigenvalue weighted by molar-refractivity contribution is -0.121. The first kappa shape index (κ1) is 8.24. The molecule has 12 heavy (non-hydrogen) atoms. The van der Waals surface area contributed by atoms with Gasteiger partial charge in [0.1, 0.15) is 5.78 Å². The van der Waals surface area contributed by atoms with Crippen LogP contribution in [0.15, 0.2) is 22.7 Å². The number of allylic oxidation sites excluding steroid dienone is 4. The molecule has 1 nitrogen and oxygen atoms in total. The fourth-order valence-corrected chi connectivity index (χ4v) is 2.44. The lowest BCUT2D eigenvalue weighted by Crippen LogP contribution is -2.23. The van der Waals surface area contributed by atoms with Crippen molar-refractivity contribution in [3.05, 3.63) is 22.7 Å². The van der Waals surface area contributed by atoms with Crippen molar-refractivity contribution in [3.8, 4) is 0 Å². The summed E-state index contributed by atoms with van der Waals surface area (Å²) in [6.07, 6.45) is 9.00. The molecule has 0 amide bonds. The van der Waals surface area contributed by atoms with Crippen LogP contribution in [-0.4, -0.2) is 5.78 Å². The third kappa shape index (κ3) is 1.53. The summed E-state index contributed by atoms with van der Waals surface area (Å²) < 4.78 is 1.16. The Hall–Kier alpha value is -0.370. The van der Waals surface area contributed by atoms with Crippen molar-refractivity contribution >= 4 is 21.7 Å². The molecule has 2 atom stereocenters. The molecule has 0 aromatic carbocycles. The van der Waals surface area contributed by atoms with Gasteiger partial charge in [-0.2, -0.15) is 0 Å². The zero-order chi connectivity index (χ0) is 8.55. The molecule has 0 radical (unpaired) electrons. The van der Waals surface area contributed by atoms with Crippen molar-refractivity contribution in [3.63, 3.8) is 0 Å². The lowest BCUT2D eigenvalue weighted by atomic mass is 9.77. The molecule has 1 saturated carbocycles. The third-order valence-electron chi connectivity index (χ3n) is 2.65. The van der Waals surface area contributed by atoms with E-state index in [1.54, 1.807) is 0 Å². The Labute approximate surface area is 80.7 Å². The molecule has 2 aliphatic carbocycles. The summed E-state index contributed by atoms with van der Waals surface area (Å²) in [7, 11) is 0. The van der Waals surface area contributed by atoms with Gasteiger partial charge < -0.3 is 0 Å². The summed E-state index contributed by atoms with van der Waals surface area (Å²) in [4.78, 5) is 11.1. The van der Waals surface area contributed by atoms with E-state index < -0.39 is 0 Å². The topological polar surface area (TPSA) is 17.1 Å². The number of ketones is 1. The Bertz CT molecular complexity index is 265. The van der Waals surface area contributed by atoms with Crippen molar-refractivity contribution < 1.29 is 4.79 Å². The quantitative estimate of drug-likeness (QED) is 0.621. The Kier molecular flexibility index (Phi) is 2.18. The molecule has 2 unspecified atom stereocenters. The molecule has 0 spiro atoms. The molecule has 2 heteroatoms. The fraction of sp³-hybridized carbons (Fsp3) is 0.500. The maximum absolute atomic E-state index is 11.1. The van der Waals surface area contributed by atoms with Gasteiger partial charge in [-0.25, -0.2) is 0 Å². The summed E-state index contributed by atoms with van der Waals surface area (Å²) in [6.45, 7) is 0. The molecule has 64 valence electrons. The van der Waals surface area contributed by atoms with Gasteiger partial charge in [0.05, 0.1) is 0 Å². The summed E-state index contributed by atoms with van der Waals surface area (Å²) >= 11 is 3.45. The van der Waals surface area contributed by atoms with Crippen molar-refractivity contribution in [2.24, 2.45) is 11.8 Å². The molecular weight excluding hydrogens is 216 g/mol. The van der Waals surface area contributed by atoms with Gasteiger partial charge in [0.2, 0.25) is 0 Å². The Morgan fingerprint density at radius 3 is 3.08 bits per heavy atom. The molecule has 1 fully saturated rings. The van der Waals surface area contributed by atoms with Crippen molar-refractivity contribution in [2.45, 2.75) is 19.3 Å². The number of halogens is 1. The molecule has 0 aromatic rings. The minimum absolute atomic E-state index is 0.423. The van der Waals surface area contributed by atoms with Gasteiger partial charge in [-0.15, -0.1) is 0 Å². The van der Waals surface area contributed by atoms with Gasteiger partial charge in [0.15, 0.2) is 0 Å². The molecule has 2 aliphatic rings. The van der Waals surface area contributed by atoms with Gasteiger partial charge in [0.25, 0.3) is 0 Å². The maximum Gasteiger partial charge on any atom is 0.133 e. The zero-order valence-corrected chi connectivity index (χ0v) is 8.38. The predicted octanol–water partition coefficient (Wildman–Crippen LogP) is 2.82. The van der Waals surface area contributed by atoms with Crippen molar-refractivity contribution in [2.75, 3.05) is 0 Å². The van der Waals surface area contributed by atoms with Crippen LogP contribution in [-0.2, 0) is 4.79 Å². The summed E-state index contributed by atoms with van der Waals surface area (Å²) in [5.41, 5.74) is 0. The van der Waals surface area contributed by atoms with Crippen LogP contribution in [0.4, 0.5) is 0 Å². The highest BCUT2D eigenvalue weighted by molar-refractivity contribution is 9.11. The minimum atomic E-state index is 0.423. The lowest BCUT2D eigenvalue weighted by Gasteiger charge is -2.28. The van der Waals surface area contributed by atoms with Crippen LogP contribution < -0.4 is 0 Å². The summed E-state index contributed by atoms with van der Waals surface area (Å²) in [5, 5.41) is 0. The maximum atomic E-state index is 11.1. The van der Waals surface area contributed by atoms with E-state index in [1.165, 1.54) is 0 Å². The average Bonchev–Trinajstić information content (AvgIpc) is 2.05. The van der Waals surface area contributed by atoms with Gasteiger partial charge in [-0.1, -0.05) is 34.2 Å². The normalized spacial score (nSPS) is 34.4. The molecule has 0 aromatic heterocycles. The highest BCUT2D eigenvalue weighted by atomic mass is 79.9. The number of fused-ring (bicyclic) bond motifs is 1. The number of rotatable bonds is 0. The van der Waals surface area contributed by atoms with Crippen molar-refractivity contribution in [1.82, 2.24) is 0 Å². The van der Waals surface area contributed by atoms with E-state index in [9.17, 15) is 4.79 Å². The van der Waals surface area contributed by atoms with Crippen LogP contribution in [0.3, 0.4) is 0 Å². The molecule has 0 saturated heterocycles. The second kappa shape index (κ2) is 3.17. The largest absolute Gasteiger partial charge is 0.300 e. The van der Waals surface area contributed by atoms with Crippen molar-refractivity contribution in [1.29, 1.82) is 0 Å². The molecule has 0 aliphatic heterocycles. The fourth-order valence-electron chi connectivity index (χ4n) is 1.95. The predicted molar refractivity (Wildman–Crippen MR) is 52.0 cm³/mol. The first-order chi connectivity index (χ1) is 5.75. The number of hydrogen-bond donors (Lipinski definition) is 0. The Morgan fingerprint density at radius 2 is 2.25 bits per heavy atom. The standard InChI is InChI=1S/C10H11BrO/c11-9-3-1-8-6-10(12)4-2-7(8)5-9/h1,3,5,7-8H,2,4,6H2. The van der Waals surface area contributed by atoms with E-state index in [-0.39, 0.29) is 0 Å². The minimum Gasteiger partial charge on any atom is -0.300 e. The van der Waals surface area contributed by atoms with Crippen LogP contribution in [0.5, 0.6) is 0 Å². The number of Topliss-reactive ketones (excluding diaryl/α,β-unsaturated/α-hetero) is 1. The molecule has 2 rings (SSSR count). The zero-order valence-electron chi connectivity index (χ0n) is 6.79. The van der Waals surface area contributed by atoms with Gasteiger partial charge in [-0.05, 0) is 18.3 Å². The average molecular weight is 227 g/mol. The Balaban J connectivity index is 2.15. The highest BCUT2D eigenvalue weighted by Crippen LogP contribution is 2.35. The highest BCUT2D eigenvalue weighted by Gasteiger charge is 2.27. The van der Waals surface area contributed by atoms with E-state index in [0.29, 0.717) is 17.6 Å². The summed E-state index contributed by atoms with van der Waals surface area (Å²) in [5.74, 6) is 1.50. The van der Waals surface area contributed by atoms with E-state index in [2.05, 4.69) is 34.2 Å². The molecular formula is C10H11BrO. The van der Waals surface area contributed by atoms with E-state index >= 15 is 0 Å². The van der Waals surface area contributed by atoms with Crippen LogP contribution in [0.1, 0.15) is 19.3 Å². The third-order valence-corrected chi connectivity index (χ3v) is 3.17. The van der Waals surface area contributed by atoms with E-state index in [4.69, 9.17) is 0 Å². The molecule has 0 bridgehead atoms. The van der Waals surface area contributed by atoms with Crippen LogP contribution in [0, 0.1) is 11.8 Å².